The number of ether oxygens (including phenoxy) is 1. The maximum Gasteiger partial charge on any atom is 0.424 e. The SMILES string of the molecule is CC(C)(C)OC(=O)N(N)CCc1ccc(F)cc1. The van der Waals surface area contributed by atoms with Gasteiger partial charge >= 0.3 is 6.09 Å². The Kier molecular flexibility index (Phi) is 4.67. The van der Waals surface area contributed by atoms with Crippen molar-refractivity contribution in [2.45, 2.75) is 32.8 Å². The van der Waals surface area contributed by atoms with Crippen molar-refractivity contribution < 1.29 is 13.9 Å². The van der Waals surface area contributed by atoms with Crippen molar-refractivity contribution in [3.05, 3.63) is 35.6 Å². The Morgan fingerprint density at radius 1 is 1.33 bits per heavy atom. The Morgan fingerprint density at radius 2 is 1.89 bits per heavy atom. The summed E-state index contributed by atoms with van der Waals surface area (Å²) in [6, 6.07) is 6.09. The average Bonchev–Trinajstić information content (AvgIpc) is 2.25. The van der Waals surface area contributed by atoms with E-state index in [2.05, 4.69) is 0 Å². The van der Waals surface area contributed by atoms with Crippen LogP contribution in [0.2, 0.25) is 0 Å². The number of hydrogen-bond donors (Lipinski definition) is 1. The summed E-state index contributed by atoms with van der Waals surface area (Å²) < 4.78 is 17.8. The van der Waals surface area contributed by atoms with E-state index < -0.39 is 11.7 Å². The zero-order valence-electron chi connectivity index (χ0n) is 10.9. The summed E-state index contributed by atoms with van der Waals surface area (Å²) in [7, 11) is 0. The van der Waals surface area contributed by atoms with Gasteiger partial charge in [-0.25, -0.2) is 20.0 Å². The Morgan fingerprint density at radius 3 is 2.39 bits per heavy atom. The molecule has 2 N–H and O–H groups in total. The lowest BCUT2D eigenvalue weighted by Crippen LogP contribution is -2.42. The molecule has 5 heteroatoms. The summed E-state index contributed by atoms with van der Waals surface area (Å²) in [6.45, 7) is 5.65. The Labute approximate surface area is 106 Å². The maximum atomic E-state index is 12.7. The number of nitrogens with zero attached hydrogens (tertiary/aromatic N) is 1. The third kappa shape index (κ3) is 5.14. The molecule has 0 aliphatic rings. The fourth-order valence-electron chi connectivity index (χ4n) is 1.31. The number of rotatable bonds is 3. The van der Waals surface area contributed by atoms with Crippen LogP contribution in [0.3, 0.4) is 0 Å². The van der Waals surface area contributed by atoms with E-state index in [-0.39, 0.29) is 5.82 Å². The first-order valence-electron chi connectivity index (χ1n) is 5.77. The van der Waals surface area contributed by atoms with Gasteiger partial charge in [0, 0.05) is 6.54 Å². The van der Waals surface area contributed by atoms with Crippen LogP contribution >= 0.6 is 0 Å². The molecule has 1 aromatic rings. The van der Waals surface area contributed by atoms with Crippen LogP contribution in [0, 0.1) is 5.82 Å². The lowest BCUT2D eigenvalue weighted by Gasteiger charge is -2.24. The summed E-state index contributed by atoms with van der Waals surface area (Å²) in [5.41, 5.74) is 0.348. The van der Waals surface area contributed by atoms with Gasteiger partial charge in [-0.05, 0) is 44.9 Å². The Balaban J connectivity index is 2.43. The molecule has 0 atom stereocenters. The van der Waals surface area contributed by atoms with Gasteiger partial charge in [-0.15, -0.1) is 0 Å². The highest BCUT2D eigenvalue weighted by atomic mass is 19.1. The van der Waals surface area contributed by atoms with Crippen molar-refractivity contribution in [1.82, 2.24) is 5.01 Å². The number of halogens is 1. The van der Waals surface area contributed by atoms with Gasteiger partial charge in [-0.1, -0.05) is 12.1 Å². The van der Waals surface area contributed by atoms with Crippen molar-refractivity contribution >= 4 is 6.09 Å². The topological polar surface area (TPSA) is 55.6 Å². The highest BCUT2D eigenvalue weighted by molar-refractivity contribution is 5.67. The second kappa shape index (κ2) is 5.82. The van der Waals surface area contributed by atoms with Crippen LogP contribution in [-0.4, -0.2) is 23.2 Å². The molecule has 4 nitrogen and oxygen atoms in total. The van der Waals surface area contributed by atoms with Gasteiger partial charge in [-0.2, -0.15) is 0 Å². The number of carbonyl (C=O) groups excluding carboxylic acids is 1. The van der Waals surface area contributed by atoms with Crippen molar-refractivity contribution in [3.8, 4) is 0 Å². The highest BCUT2D eigenvalue weighted by Crippen LogP contribution is 2.09. The summed E-state index contributed by atoms with van der Waals surface area (Å²) in [4.78, 5) is 11.6. The third-order valence-corrected chi connectivity index (χ3v) is 2.18. The normalized spacial score (nSPS) is 11.2. The third-order valence-electron chi connectivity index (χ3n) is 2.18. The quantitative estimate of drug-likeness (QED) is 0.512. The van der Waals surface area contributed by atoms with Crippen molar-refractivity contribution in [2.24, 2.45) is 5.84 Å². The zero-order valence-corrected chi connectivity index (χ0v) is 10.9. The van der Waals surface area contributed by atoms with Crippen LogP contribution in [0.1, 0.15) is 26.3 Å². The first-order valence-corrected chi connectivity index (χ1v) is 5.77. The van der Waals surface area contributed by atoms with Gasteiger partial charge in [0.1, 0.15) is 11.4 Å². The smallest absolute Gasteiger partial charge is 0.424 e. The van der Waals surface area contributed by atoms with Crippen molar-refractivity contribution in [3.63, 3.8) is 0 Å². The predicted octanol–water partition coefficient (Wildman–Crippen LogP) is 2.48. The van der Waals surface area contributed by atoms with Crippen LogP contribution in [0.4, 0.5) is 9.18 Å². The highest BCUT2D eigenvalue weighted by Gasteiger charge is 2.19. The molecule has 100 valence electrons. The number of benzene rings is 1. The van der Waals surface area contributed by atoms with Gasteiger partial charge in [0.15, 0.2) is 0 Å². The van der Waals surface area contributed by atoms with Gasteiger partial charge in [0.2, 0.25) is 0 Å². The standard InChI is InChI=1S/C13H19FN2O2/c1-13(2,3)18-12(17)16(15)9-8-10-4-6-11(14)7-5-10/h4-7H,8-9,15H2,1-3H3. The molecule has 0 aliphatic heterocycles. The number of nitrogens with two attached hydrogens (primary N) is 1. The Hall–Kier alpha value is -1.62. The van der Waals surface area contributed by atoms with Gasteiger partial charge in [0.05, 0.1) is 0 Å². The van der Waals surface area contributed by atoms with E-state index in [4.69, 9.17) is 10.6 Å². The second-order valence-electron chi connectivity index (χ2n) is 5.05. The molecule has 0 radical (unpaired) electrons. The molecule has 0 heterocycles. The van der Waals surface area contributed by atoms with Crippen LogP contribution in [-0.2, 0) is 11.2 Å². The van der Waals surface area contributed by atoms with E-state index in [0.717, 1.165) is 10.6 Å². The molecule has 0 unspecified atom stereocenters. The van der Waals surface area contributed by atoms with Crippen LogP contribution in [0.15, 0.2) is 24.3 Å². The van der Waals surface area contributed by atoms with Crippen molar-refractivity contribution in [2.75, 3.05) is 6.54 Å². The molecule has 0 fully saturated rings. The number of hydrazine groups is 1. The van der Waals surface area contributed by atoms with Gasteiger partial charge in [0.25, 0.3) is 0 Å². The zero-order chi connectivity index (χ0) is 13.8. The molecule has 0 bridgehead atoms. The molecular formula is C13H19FN2O2. The number of carbonyl (C=O) groups is 1. The first-order chi connectivity index (χ1) is 8.28. The number of hydrogen-bond acceptors (Lipinski definition) is 3. The van der Waals surface area contributed by atoms with E-state index in [1.807, 2.05) is 0 Å². The van der Waals surface area contributed by atoms with Crippen molar-refractivity contribution in [1.29, 1.82) is 0 Å². The first kappa shape index (κ1) is 14.4. The lowest BCUT2D eigenvalue weighted by atomic mass is 10.1. The molecule has 18 heavy (non-hydrogen) atoms. The van der Waals surface area contributed by atoms with Gasteiger partial charge < -0.3 is 4.74 Å². The maximum absolute atomic E-state index is 12.7. The summed E-state index contributed by atoms with van der Waals surface area (Å²) in [5.74, 6) is 5.30. The Bertz CT molecular complexity index is 398. The van der Waals surface area contributed by atoms with E-state index in [0.29, 0.717) is 13.0 Å². The molecule has 1 amide bonds. The monoisotopic (exact) mass is 254 g/mol. The fourth-order valence-corrected chi connectivity index (χ4v) is 1.31. The molecule has 0 aliphatic carbocycles. The minimum absolute atomic E-state index is 0.282. The molecule has 0 saturated carbocycles. The summed E-state index contributed by atoms with van der Waals surface area (Å²) in [5, 5.41) is 1.02. The number of amides is 1. The van der Waals surface area contributed by atoms with E-state index in [1.165, 1.54) is 12.1 Å². The van der Waals surface area contributed by atoms with E-state index in [9.17, 15) is 9.18 Å². The molecule has 1 rings (SSSR count). The largest absolute Gasteiger partial charge is 0.443 e. The minimum Gasteiger partial charge on any atom is -0.443 e. The van der Waals surface area contributed by atoms with Crippen LogP contribution in [0.5, 0.6) is 0 Å². The molecule has 0 saturated heterocycles. The molecule has 1 aromatic carbocycles. The summed E-state index contributed by atoms with van der Waals surface area (Å²) in [6.07, 6.45) is -0.0136. The average molecular weight is 254 g/mol. The predicted molar refractivity (Wildman–Crippen MR) is 67.2 cm³/mol. The minimum atomic E-state index is -0.565. The lowest BCUT2D eigenvalue weighted by molar-refractivity contribution is 0.0250. The van der Waals surface area contributed by atoms with Crippen LogP contribution in [0.25, 0.3) is 0 Å². The van der Waals surface area contributed by atoms with Gasteiger partial charge in [-0.3, -0.25) is 0 Å². The summed E-state index contributed by atoms with van der Waals surface area (Å²) >= 11 is 0. The molecule has 0 spiro atoms. The molecule has 0 aromatic heterocycles. The molecular weight excluding hydrogens is 235 g/mol. The van der Waals surface area contributed by atoms with E-state index >= 15 is 0 Å². The van der Waals surface area contributed by atoms with E-state index in [1.54, 1.807) is 32.9 Å². The van der Waals surface area contributed by atoms with Crippen LogP contribution < -0.4 is 5.84 Å². The fraction of sp³-hybridized carbons (Fsp3) is 0.462. The second-order valence-corrected chi connectivity index (χ2v) is 5.05.